The molecule has 1 aliphatic rings. The molecule has 5 rings (SSSR count). The number of nitrogens with zero attached hydrogens (tertiary/aromatic N) is 3. The summed E-state index contributed by atoms with van der Waals surface area (Å²) in [4.78, 5) is 20.1. The Bertz CT molecular complexity index is 1340. The number of hydrogen-bond donors (Lipinski definition) is 0. The fourth-order valence-corrected chi connectivity index (χ4v) is 5.08. The second-order valence-corrected chi connectivity index (χ2v) is 9.72. The van der Waals surface area contributed by atoms with Gasteiger partial charge in [0, 0.05) is 31.1 Å². The highest BCUT2D eigenvalue weighted by atomic mass is 16.2. The molecule has 2 atom stereocenters. The number of hydrogen-bond acceptors (Lipinski definition) is 2. The molecule has 1 fully saturated rings. The van der Waals surface area contributed by atoms with Crippen LogP contribution in [0.1, 0.15) is 66.6 Å². The highest BCUT2D eigenvalue weighted by molar-refractivity contribution is 5.97. The maximum atomic E-state index is 13.1. The van der Waals surface area contributed by atoms with Crippen LogP contribution in [-0.4, -0.2) is 22.0 Å². The van der Waals surface area contributed by atoms with Crippen LogP contribution in [0.3, 0.4) is 0 Å². The van der Waals surface area contributed by atoms with Crippen LogP contribution in [0.25, 0.3) is 11.0 Å². The van der Waals surface area contributed by atoms with Crippen molar-refractivity contribution in [1.29, 1.82) is 0 Å². The predicted molar refractivity (Wildman–Crippen MR) is 140 cm³/mol. The standard InChI is InChI=1S/C30H33N3O/c1-5-20(2)24-15-13-23(14-16-24)18-33-28-11-7-6-10-26(28)31-30(33)25-17-29(34)32(19-25)27-12-8-9-21(3)22(27)4/h6-16,20,25H,5,17-19H2,1-4H3. The van der Waals surface area contributed by atoms with E-state index in [2.05, 4.69) is 86.9 Å². The molecule has 34 heavy (non-hydrogen) atoms. The Morgan fingerprint density at radius 1 is 1.00 bits per heavy atom. The molecule has 1 aromatic heterocycles. The fourth-order valence-electron chi connectivity index (χ4n) is 5.08. The quantitative estimate of drug-likeness (QED) is 0.326. The van der Waals surface area contributed by atoms with E-state index >= 15 is 0 Å². The molecule has 1 amide bonds. The van der Waals surface area contributed by atoms with Gasteiger partial charge >= 0.3 is 0 Å². The van der Waals surface area contributed by atoms with E-state index in [9.17, 15) is 4.79 Å². The molecule has 0 spiro atoms. The highest BCUT2D eigenvalue weighted by Gasteiger charge is 2.35. The molecule has 4 heteroatoms. The van der Waals surface area contributed by atoms with Crippen LogP contribution in [0.2, 0.25) is 0 Å². The summed E-state index contributed by atoms with van der Waals surface area (Å²) in [6.45, 7) is 10.1. The minimum absolute atomic E-state index is 0.0687. The molecule has 0 aliphatic carbocycles. The smallest absolute Gasteiger partial charge is 0.227 e. The van der Waals surface area contributed by atoms with Crippen molar-refractivity contribution in [2.45, 2.75) is 58.9 Å². The second-order valence-electron chi connectivity index (χ2n) is 9.72. The molecule has 2 heterocycles. The van der Waals surface area contributed by atoms with Gasteiger partial charge in [-0.05, 0) is 66.6 Å². The van der Waals surface area contributed by atoms with Crippen LogP contribution < -0.4 is 4.90 Å². The third-order valence-electron chi connectivity index (χ3n) is 7.54. The van der Waals surface area contributed by atoms with Gasteiger partial charge in [-0.3, -0.25) is 4.79 Å². The van der Waals surface area contributed by atoms with E-state index in [1.807, 2.05) is 17.0 Å². The van der Waals surface area contributed by atoms with Gasteiger partial charge in [0.25, 0.3) is 0 Å². The van der Waals surface area contributed by atoms with Gasteiger partial charge in [-0.2, -0.15) is 0 Å². The van der Waals surface area contributed by atoms with Crippen LogP contribution in [0, 0.1) is 13.8 Å². The van der Waals surface area contributed by atoms with Gasteiger partial charge in [-0.15, -0.1) is 0 Å². The van der Waals surface area contributed by atoms with Crippen molar-refractivity contribution in [3.05, 3.63) is 94.8 Å². The largest absolute Gasteiger partial charge is 0.323 e. The molecule has 0 bridgehead atoms. The number of carbonyl (C=O) groups is 1. The van der Waals surface area contributed by atoms with E-state index in [1.54, 1.807) is 0 Å². The Morgan fingerprint density at radius 3 is 2.53 bits per heavy atom. The summed E-state index contributed by atoms with van der Waals surface area (Å²) in [5.41, 5.74) is 8.16. The van der Waals surface area contributed by atoms with E-state index in [1.165, 1.54) is 22.3 Å². The van der Waals surface area contributed by atoms with Crippen molar-refractivity contribution in [3.63, 3.8) is 0 Å². The van der Waals surface area contributed by atoms with Crippen molar-refractivity contribution in [3.8, 4) is 0 Å². The molecule has 0 N–H and O–H groups in total. The molecule has 2 unspecified atom stereocenters. The Kier molecular flexibility index (Phi) is 5.99. The number of benzene rings is 3. The third kappa shape index (κ3) is 4.02. The van der Waals surface area contributed by atoms with Crippen LogP contribution >= 0.6 is 0 Å². The number of amides is 1. The number of carbonyl (C=O) groups excluding carboxylic acids is 1. The van der Waals surface area contributed by atoms with Crippen molar-refractivity contribution < 1.29 is 4.79 Å². The number of imidazole rings is 1. The zero-order chi connectivity index (χ0) is 23.8. The Morgan fingerprint density at radius 2 is 1.76 bits per heavy atom. The number of fused-ring (bicyclic) bond motifs is 1. The first kappa shape index (κ1) is 22.4. The maximum absolute atomic E-state index is 13.1. The van der Waals surface area contributed by atoms with Crippen LogP contribution in [-0.2, 0) is 11.3 Å². The van der Waals surface area contributed by atoms with E-state index < -0.39 is 0 Å². The molecule has 1 aliphatic heterocycles. The number of anilines is 1. The SMILES string of the molecule is CCC(C)c1ccc(Cn2c(C3CC(=O)N(c4cccc(C)c4C)C3)nc3ccccc32)cc1. The summed E-state index contributed by atoms with van der Waals surface area (Å²) in [6.07, 6.45) is 1.63. The molecule has 0 radical (unpaired) electrons. The lowest BCUT2D eigenvalue weighted by Crippen LogP contribution is -2.25. The molecule has 1 saturated heterocycles. The number of aryl methyl sites for hydroxylation is 1. The zero-order valence-electron chi connectivity index (χ0n) is 20.6. The Balaban J connectivity index is 1.49. The summed E-state index contributed by atoms with van der Waals surface area (Å²) < 4.78 is 2.32. The first-order valence-electron chi connectivity index (χ1n) is 12.4. The number of rotatable bonds is 6. The van der Waals surface area contributed by atoms with E-state index in [0.717, 1.165) is 35.5 Å². The molecular weight excluding hydrogens is 418 g/mol. The molecular formula is C30H33N3O. The predicted octanol–water partition coefficient (Wildman–Crippen LogP) is 6.74. The lowest BCUT2D eigenvalue weighted by molar-refractivity contribution is -0.117. The summed E-state index contributed by atoms with van der Waals surface area (Å²) >= 11 is 0. The first-order chi connectivity index (χ1) is 16.5. The summed E-state index contributed by atoms with van der Waals surface area (Å²) in [5, 5.41) is 0. The van der Waals surface area contributed by atoms with E-state index in [4.69, 9.17) is 4.98 Å². The minimum atomic E-state index is 0.0687. The zero-order valence-corrected chi connectivity index (χ0v) is 20.6. The van der Waals surface area contributed by atoms with Gasteiger partial charge in [0.05, 0.1) is 11.0 Å². The second kappa shape index (κ2) is 9.09. The molecule has 4 aromatic rings. The molecule has 174 valence electrons. The summed E-state index contributed by atoms with van der Waals surface area (Å²) in [6, 6.07) is 23.5. The van der Waals surface area contributed by atoms with E-state index in [0.29, 0.717) is 18.9 Å². The van der Waals surface area contributed by atoms with Crippen LogP contribution in [0.5, 0.6) is 0 Å². The summed E-state index contributed by atoms with van der Waals surface area (Å²) in [5.74, 6) is 1.82. The third-order valence-corrected chi connectivity index (χ3v) is 7.54. The fraction of sp³-hybridized carbons (Fsp3) is 0.333. The maximum Gasteiger partial charge on any atom is 0.227 e. The molecule has 3 aromatic carbocycles. The highest BCUT2D eigenvalue weighted by Crippen LogP contribution is 2.35. The topological polar surface area (TPSA) is 38.1 Å². The van der Waals surface area contributed by atoms with Crippen LogP contribution in [0.15, 0.2) is 66.7 Å². The van der Waals surface area contributed by atoms with Crippen molar-refractivity contribution in [1.82, 2.24) is 9.55 Å². The van der Waals surface area contributed by atoms with Crippen LogP contribution in [0.4, 0.5) is 5.69 Å². The Hall–Kier alpha value is -3.40. The monoisotopic (exact) mass is 451 g/mol. The van der Waals surface area contributed by atoms with Gasteiger partial charge in [0.1, 0.15) is 5.82 Å². The molecule has 4 nitrogen and oxygen atoms in total. The lowest BCUT2D eigenvalue weighted by Gasteiger charge is -2.20. The van der Waals surface area contributed by atoms with Crippen molar-refractivity contribution >= 4 is 22.6 Å². The first-order valence-corrected chi connectivity index (χ1v) is 12.4. The summed E-state index contributed by atoms with van der Waals surface area (Å²) in [7, 11) is 0. The van der Waals surface area contributed by atoms with Gasteiger partial charge in [0.2, 0.25) is 5.91 Å². The lowest BCUT2D eigenvalue weighted by atomic mass is 9.97. The molecule has 0 saturated carbocycles. The average Bonchev–Trinajstić information content (AvgIpc) is 3.41. The van der Waals surface area contributed by atoms with Gasteiger partial charge < -0.3 is 9.47 Å². The van der Waals surface area contributed by atoms with Gasteiger partial charge in [-0.25, -0.2) is 4.98 Å². The normalized spacial score (nSPS) is 17.0. The minimum Gasteiger partial charge on any atom is -0.323 e. The number of para-hydroxylation sites is 2. The average molecular weight is 452 g/mol. The van der Waals surface area contributed by atoms with Gasteiger partial charge in [0.15, 0.2) is 0 Å². The van der Waals surface area contributed by atoms with Crippen molar-refractivity contribution in [2.75, 3.05) is 11.4 Å². The Labute approximate surface area is 202 Å². The van der Waals surface area contributed by atoms with E-state index in [-0.39, 0.29) is 11.8 Å². The van der Waals surface area contributed by atoms with Gasteiger partial charge in [-0.1, -0.05) is 62.4 Å². The van der Waals surface area contributed by atoms with Crippen molar-refractivity contribution in [2.24, 2.45) is 0 Å². The number of aromatic nitrogens is 2.